The van der Waals surface area contributed by atoms with Crippen molar-refractivity contribution < 1.29 is 24.9 Å². The van der Waals surface area contributed by atoms with E-state index in [0.29, 0.717) is 18.8 Å². The number of nitrogens with one attached hydrogen (secondary N) is 1. The quantitative estimate of drug-likeness (QED) is 0.405. The summed E-state index contributed by atoms with van der Waals surface area (Å²) in [5.74, 6) is -0.827. The molecule has 2 aliphatic carbocycles. The van der Waals surface area contributed by atoms with E-state index in [2.05, 4.69) is 33.0 Å². The van der Waals surface area contributed by atoms with Gasteiger partial charge in [0.2, 0.25) is 5.91 Å². The van der Waals surface area contributed by atoms with Crippen molar-refractivity contribution in [1.29, 1.82) is 0 Å². The average molecular weight is 420 g/mol. The monoisotopic (exact) mass is 419 g/mol. The minimum absolute atomic E-state index is 0.0411. The van der Waals surface area contributed by atoms with Crippen LogP contribution in [-0.2, 0) is 9.59 Å². The fraction of sp³-hybridized carbons (Fsp3) is 0.750. The molecule has 1 aliphatic heterocycles. The van der Waals surface area contributed by atoms with Crippen LogP contribution in [0.3, 0.4) is 0 Å². The second-order valence-corrected chi connectivity index (χ2v) is 10.1. The van der Waals surface area contributed by atoms with Crippen molar-refractivity contribution >= 4 is 11.7 Å². The SMILES string of the molecule is CC1=C[C@@H]2/C=C(\C)CC[C@H](O)[C@H](O)[C@H](O)CC(=O)[C@]23C(=O)N[C@@H](CC(C)C)[C@@H]3[C@@H]1C. The smallest absolute Gasteiger partial charge is 0.235 e. The number of rotatable bonds is 2. The van der Waals surface area contributed by atoms with E-state index in [1.807, 2.05) is 19.1 Å². The minimum Gasteiger partial charge on any atom is -0.390 e. The molecule has 6 nitrogen and oxygen atoms in total. The normalized spacial score (nSPS) is 44.4. The Balaban J connectivity index is 2.18. The summed E-state index contributed by atoms with van der Waals surface area (Å²) in [5, 5.41) is 34.3. The first-order valence-electron chi connectivity index (χ1n) is 11.2. The molecule has 0 aromatic rings. The molecule has 6 heteroatoms. The largest absolute Gasteiger partial charge is 0.390 e. The Kier molecular flexibility index (Phi) is 6.61. The molecule has 0 radical (unpaired) electrons. The Bertz CT molecular complexity index is 757. The van der Waals surface area contributed by atoms with E-state index in [0.717, 1.165) is 12.0 Å². The second kappa shape index (κ2) is 8.56. The predicted octanol–water partition coefficient (Wildman–Crippen LogP) is 2.13. The summed E-state index contributed by atoms with van der Waals surface area (Å²) in [4.78, 5) is 27.3. The van der Waals surface area contributed by atoms with E-state index in [-0.39, 0.29) is 36.0 Å². The fourth-order valence-corrected chi connectivity index (χ4v) is 5.88. The number of carbonyl (C=O) groups is 2. The highest BCUT2D eigenvalue weighted by Crippen LogP contribution is 2.55. The van der Waals surface area contributed by atoms with Crippen LogP contribution < -0.4 is 5.32 Å². The number of carbonyl (C=O) groups excluding carboxylic acids is 2. The molecular weight excluding hydrogens is 382 g/mol. The maximum atomic E-state index is 13.8. The van der Waals surface area contributed by atoms with E-state index in [4.69, 9.17) is 0 Å². The van der Waals surface area contributed by atoms with E-state index in [9.17, 15) is 24.9 Å². The Morgan fingerprint density at radius 2 is 1.80 bits per heavy atom. The molecule has 30 heavy (non-hydrogen) atoms. The van der Waals surface area contributed by atoms with Crippen LogP contribution in [0.4, 0.5) is 0 Å². The van der Waals surface area contributed by atoms with Gasteiger partial charge in [0.05, 0.1) is 12.2 Å². The maximum absolute atomic E-state index is 13.8. The molecule has 1 fully saturated rings. The number of hydrogen-bond donors (Lipinski definition) is 4. The van der Waals surface area contributed by atoms with Crippen LogP contribution in [0.25, 0.3) is 0 Å². The maximum Gasteiger partial charge on any atom is 0.235 e. The standard InChI is InChI=1S/C24H37NO5/c1-12(2)8-17-21-15(5)14(4)10-16-9-13(3)6-7-18(26)22(29)19(27)11-20(28)24(16,21)23(30)25-17/h9-10,12,15-19,21-22,26-27,29H,6-8,11H2,1-5H3,(H,25,30)/b13-9+/t15-,16+,17+,18+,19-,21+,22+,24-/m1/s1. The zero-order chi connectivity index (χ0) is 22.4. The summed E-state index contributed by atoms with van der Waals surface area (Å²) in [6.07, 6.45) is 1.35. The van der Waals surface area contributed by atoms with Crippen LogP contribution >= 0.6 is 0 Å². The van der Waals surface area contributed by atoms with Crippen molar-refractivity contribution in [2.24, 2.45) is 29.1 Å². The zero-order valence-corrected chi connectivity index (χ0v) is 18.8. The second-order valence-electron chi connectivity index (χ2n) is 10.1. The molecule has 0 bridgehead atoms. The highest BCUT2D eigenvalue weighted by Gasteiger charge is 2.65. The van der Waals surface area contributed by atoms with E-state index in [1.165, 1.54) is 5.57 Å². The Morgan fingerprint density at radius 3 is 2.43 bits per heavy atom. The lowest BCUT2D eigenvalue weighted by molar-refractivity contribution is -0.148. The van der Waals surface area contributed by atoms with Gasteiger partial charge in [-0.15, -0.1) is 0 Å². The molecule has 1 spiro atoms. The van der Waals surface area contributed by atoms with Crippen LogP contribution in [0.5, 0.6) is 0 Å². The Hall–Kier alpha value is -1.50. The lowest BCUT2D eigenvalue weighted by Crippen LogP contribution is -2.53. The Morgan fingerprint density at radius 1 is 1.13 bits per heavy atom. The van der Waals surface area contributed by atoms with E-state index >= 15 is 0 Å². The third-order valence-electron chi connectivity index (χ3n) is 7.54. The van der Waals surface area contributed by atoms with Crippen molar-refractivity contribution in [2.75, 3.05) is 0 Å². The van der Waals surface area contributed by atoms with Gasteiger partial charge in [-0.2, -0.15) is 0 Å². The summed E-state index contributed by atoms with van der Waals surface area (Å²) in [6, 6.07) is -0.117. The van der Waals surface area contributed by atoms with Gasteiger partial charge in [-0.1, -0.05) is 44.1 Å². The molecule has 0 saturated carbocycles. The van der Waals surface area contributed by atoms with Crippen molar-refractivity contribution in [3.05, 3.63) is 23.3 Å². The molecule has 3 rings (SSSR count). The number of aliphatic hydroxyl groups is 3. The lowest BCUT2D eigenvalue weighted by Gasteiger charge is -2.45. The summed E-state index contributed by atoms with van der Waals surface area (Å²) in [6.45, 7) is 10.3. The van der Waals surface area contributed by atoms with Crippen molar-refractivity contribution in [3.63, 3.8) is 0 Å². The number of ketones is 1. The first kappa shape index (κ1) is 23.2. The van der Waals surface area contributed by atoms with Gasteiger partial charge in [0.1, 0.15) is 11.5 Å². The molecule has 0 aromatic carbocycles. The van der Waals surface area contributed by atoms with Gasteiger partial charge in [-0.25, -0.2) is 0 Å². The Labute approximate surface area is 179 Å². The summed E-state index contributed by atoms with van der Waals surface area (Å²) in [5.41, 5.74) is 0.834. The molecule has 0 unspecified atom stereocenters. The number of amides is 1. The molecular formula is C24H37NO5. The van der Waals surface area contributed by atoms with Gasteiger partial charge in [0.25, 0.3) is 0 Å². The molecule has 1 heterocycles. The zero-order valence-electron chi connectivity index (χ0n) is 18.8. The van der Waals surface area contributed by atoms with Crippen LogP contribution in [-0.4, -0.2) is 51.4 Å². The average Bonchev–Trinajstić information content (AvgIpc) is 2.94. The molecule has 1 saturated heterocycles. The topological polar surface area (TPSA) is 107 Å². The molecule has 3 aliphatic rings. The van der Waals surface area contributed by atoms with Gasteiger partial charge >= 0.3 is 0 Å². The van der Waals surface area contributed by atoms with Gasteiger partial charge in [-0.3, -0.25) is 9.59 Å². The van der Waals surface area contributed by atoms with Gasteiger partial charge in [-0.05, 0) is 44.9 Å². The van der Waals surface area contributed by atoms with Crippen LogP contribution in [0.15, 0.2) is 23.3 Å². The molecule has 0 aromatic heterocycles. The molecule has 8 atom stereocenters. The predicted molar refractivity (Wildman–Crippen MR) is 114 cm³/mol. The highest BCUT2D eigenvalue weighted by atomic mass is 16.4. The molecule has 168 valence electrons. The van der Waals surface area contributed by atoms with Crippen LogP contribution in [0.2, 0.25) is 0 Å². The van der Waals surface area contributed by atoms with Crippen molar-refractivity contribution in [2.45, 2.75) is 84.7 Å². The summed E-state index contributed by atoms with van der Waals surface area (Å²) >= 11 is 0. The minimum atomic E-state index is -1.41. The number of Topliss-reactive ketones (excluding diaryl/α,β-unsaturated/α-hetero) is 1. The molecule has 1 amide bonds. The van der Waals surface area contributed by atoms with Gasteiger partial charge < -0.3 is 20.6 Å². The number of hydrogen-bond acceptors (Lipinski definition) is 5. The number of aliphatic hydroxyl groups excluding tert-OH is 3. The third kappa shape index (κ3) is 3.78. The van der Waals surface area contributed by atoms with Gasteiger partial charge in [0, 0.05) is 24.3 Å². The third-order valence-corrected chi connectivity index (χ3v) is 7.54. The van der Waals surface area contributed by atoms with Gasteiger partial charge in [0.15, 0.2) is 5.78 Å². The van der Waals surface area contributed by atoms with Crippen LogP contribution in [0, 0.1) is 29.1 Å². The van der Waals surface area contributed by atoms with Crippen molar-refractivity contribution in [3.8, 4) is 0 Å². The molecule has 4 N–H and O–H groups in total. The van der Waals surface area contributed by atoms with Crippen LogP contribution in [0.1, 0.15) is 60.3 Å². The first-order chi connectivity index (χ1) is 14.0. The van der Waals surface area contributed by atoms with E-state index in [1.54, 1.807) is 0 Å². The highest BCUT2D eigenvalue weighted by molar-refractivity contribution is 6.09. The van der Waals surface area contributed by atoms with E-state index < -0.39 is 29.6 Å². The summed E-state index contributed by atoms with van der Waals surface area (Å²) in [7, 11) is 0. The lowest BCUT2D eigenvalue weighted by atomic mass is 9.54. The number of allylic oxidation sites excluding steroid dienone is 4. The van der Waals surface area contributed by atoms with Crippen molar-refractivity contribution in [1.82, 2.24) is 5.32 Å². The summed E-state index contributed by atoms with van der Waals surface area (Å²) < 4.78 is 0. The fourth-order valence-electron chi connectivity index (χ4n) is 5.88. The first-order valence-corrected chi connectivity index (χ1v) is 11.2.